The molecule has 3 N–H and O–H groups in total. The van der Waals surface area contributed by atoms with Crippen molar-refractivity contribution in [1.82, 2.24) is 4.98 Å². The van der Waals surface area contributed by atoms with Gasteiger partial charge in [0.25, 0.3) is 0 Å². The van der Waals surface area contributed by atoms with Gasteiger partial charge in [0.2, 0.25) is 0 Å². The van der Waals surface area contributed by atoms with Crippen LogP contribution in [0.2, 0.25) is 0 Å². The summed E-state index contributed by atoms with van der Waals surface area (Å²) in [5, 5.41) is 19.7. The fourth-order valence-corrected chi connectivity index (χ4v) is 3.84. The van der Waals surface area contributed by atoms with E-state index in [2.05, 4.69) is 10.3 Å². The summed E-state index contributed by atoms with van der Waals surface area (Å²) in [6, 6.07) is 5.64. The van der Waals surface area contributed by atoms with Gasteiger partial charge in [0, 0.05) is 12.7 Å². The monoisotopic (exact) mass is 312 g/mol. The molecule has 0 saturated carbocycles. The van der Waals surface area contributed by atoms with Gasteiger partial charge in [-0.2, -0.15) is 0 Å². The van der Waals surface area contributed by atoms with E-state index in [0.717, 1.165) is 27.7 Å². The van der Waals surface area contributed by atoms with Crippen LogP contribution in [0.1, 0.15) is 6.42 Å². The van der Waals surface area contributed by atoms with Crippen molar-refractivity contribution in [3.05, 3.63) is 18.2 Å². The van der Waals surface area contributed by atoms with Crippen LogP contribution in [0.15, 0.2) is 22.5 Å². The number of benzene rings is 1. The lowest BCUT2D eigenvalue weighted by Gasteiger charge is -2.06. The highest BCUT2D eigenvalue weighted by Gasteiger charge is 2.24. The summed E-state index contributed by atoms with van der Waals surface area (Å²) in [4.78, 5) is 26.0. The number of thioether (sulfide) groups is 1. The number of nitrogens with zero attached hydrogens (tertiary/aromatic N) is 1. The van der Waals surface area contributed by atoms with Gasteiger partial charge in [0.1, 0.15) is 5.25 Å². The maximum atomic E-state index is 11.0. The van der Waals surface area contributed by atoms with Gasteiger partial charge in [-0.1, -0.05) is 11.8 Å². The molecule has 0 saturated heterocycles. The van der Waals surface area contributed by atoms with Crippen molar-refractivity contribution >= 4 is 50.9 Å². The lowest BCUT2D eigenvalue weighted by atomic mass is 10.3. The zero-order valence-electron chi connectivity index (χ0n) is 10.5. The molecule has 1 heterocycles. The maximum absolute atomic E-state index is 11.0. The minimum absolute atomic E-state index is 0.433. The number of carbonyl (C=O) groups is 2. The number of carboxylic acid groups (broad SMARTS) is 2. The highest BCUT2D eigenvalue weighted by molar-refractivity contribution is 8.02. The lowest BCUT2D eigenvalue weighted by Crippen LogP contribution is -2.20. The number of anilines is 1. The molecule has 8 heteroatoms. The second-order valence-electron chi connectivity index (χ2n) is 3.95. The van der Waals surface area contributed by atoms with E-state index in [0.29, 0.717) is 4.34 Å². The second-order valence-corrected chi connectivity index (χ2v) is 6.44. The van der Waals surface area contributed by atoms with Crippen LogP contribution < -0.4 is 5.32 Å². The number of fused-ring (bicyclic) bond motifs is 1. The number of rotatable bonds is 6. The van der Waals surface area contributed by atoms with E-state index in [1.54, 1.807) is 0 Å². The molecule has 0 aliphatic rings. The molecule has 1 aromatic heterocycles. The highest BCUT2D eigenvalue weighted by atomic mass is 32.2. The molecule has 0 radical (unpaired) electrons. The Kier molecular flexibility index (Phi) is 4.46. The largest absolute Gasteiger partial charge is 0.481 e. The number of aliphatic carboxylic acids is 2. The molecular weight excluding hydrogens is 300 g/mol. The molecule has 0 aliphatic heterocycles. The van der Waals surface area contributed by atoms with Crippen molar-refractivity contribution in [3.8, 4) is 0 Å². The SMILES string of the molecule is CNc1ccc2nc(SC(CC(=O)O)C(=O)O)sc2c1. The number of hydrogen-bond acceptors (Lipinski definition) is 6. The Labute approximate surface area is 122 Å². The Hall–Kier alpha value is -1.80. The van der Waals surface area contributed by atoms with Crippen LogP contribution in [0.4, 0.5) is 5.69 Å². The van der Waals surface area contributed by atoms with Gasteiger partial charge in [0.05, 0.1) is 16.6 Å². The fourth-order valence-electron chi connectivity index (χ4n) is 1.57. The van der Waals surface area contributed by atoms with Crippen LogP contribution >= 0.6 is 23.1 Å². The number of nitrogens with one attached hydrogen (secondary N) is 1. The zero-order chi connectivity index (χ0) is 14.7. The molecule has 0 spiro atoms. The van der Waals surface area contributed by atoms with Crippen molar-refractivity contribution < 1.29 is 19.8 Å². The summed E-state index contributed by atoms with van der Waals surface area (Å²) in [5.74, 6) is -2.28. The Morgan fingerprint density at radius 2 is 2.20 bits per heavy atom. The summed E-state index contributed by atoms with van der Waals surface area (Å²) < 4.78 is 1.49. The minimum Gasteiger partial charge on any atom is -0.481 e. The molecular formula is C12H12N2O4S2. The van der Waals surface area contributed by atoms with Gasteiger partial charge in [0.15, 0.2) is 4.34 Å². The first-order chi connectivity index (χ1) is 9.49. The topological polar surface area (TPSA) is 99.5 Å². The summed E-state index contributed by atoms with van der Waals surface area (Å²) >= 11 is 2.33. The second kappa shape index (κ2) is 6.10. The minimum atomic E-state index is -1.15. The van der Waals surface area contributed by atoms with Gasteiger partial charge in [-0.3, -0.25) is 9.59 Å². The molecule has 1 unspecified atom stereocenters. The van der Waals surface area contributed by atoms with E-state index >= 15 is 0 Å². The highest BCUT2D eigenvalue weighted by Crippen LogP contribution is 2.34. The Morgan fingerprint density at radius 1 is 1.45 bits per heavy atom. The standard InChI is InChI=1S/C12H12N2O4S2/c1-13-6-2-3-7-8(4-6)19-12(14-7)20-9(11(17)18)5-10(15)16/h2-4,9,13H,5H2,1H3,(H,15,16)(H,17,18). The van der Waals surface area contributed by atoms with Crippen LogP contribution in [0.25, 0.3) is 10.2 Å². The molecule has 6 nitrogen and oxygen atoms in total. The Balaban J connectivity index is 2.23. The number of thiazole rings is 1. The molecule has 0 amide bonds. The van der Waals surface area contributed by atoms with Crippen molar-refractivity contribution in [2.75, 3.05) is 12.4 Å². The Morgan fingerprint density at radius 3 is 2.80 bits per heavy atom. The van der Waals surface area contributed by atoms with Crippen LogP contribution in [0.5, 0.6) is 0 Å². The van der Waals surface area contributed by atoms with Crippen molar-refractivity contribution in [2.45, 2.75) is 16.0 Å². The van der Waals surface area contributed by atoms with Gasteiger partial charge in [-0.15, -0.1) is 11.3 Å². The molecule has 2 rings (SSSR count). The molecule has 0 fully saturated rings. The first-order valence-corrected chi connectivity index (χ1v) is 7.39. The van der Waals surface area contributed by atoms with E-state index in [1.807, 2.05) is 25.2 Å². The summed E-state index contributed by atoms with van der Waals surface area (Å²) in [6.07, 6.45) is -0.433. The van der Waals surface area contributed by atoms with Gasteiger partial charge in [-0.25, -0.2) is 4.98 Å². The number of aromatic nitrogens is 1. The van der Waals surface area contributed by atoms with Crippen molar-refractivity contribution in [3.63, 3.8) is 0 Å². The van der Waals surface area contributed by atoms with E-state index in [4.69, 9.17) is 10.2 Å². The first kappa shape index (κ1) is 14.6. The number of carboxylic acids is 2. The van der Waals surface area contributed by atoms with Crippen molar-refractivity contribution in [1.29, 1.82) is 0 Å². The zero-order valence-corrected chi connectivity index (χ0v) is 12.1. The van der Waals surface area contributed by atoms with E-state index in [1.165, 1.54) is 11.3 Å². The first-order valence-electron chi connectivity index (χ1n) is 5.69. The van der Waals surface area contributed by atoms with Crippen LogP contribution in [-0.4, -0.2) is 39.4 Å². The molecule has 0 bridgehead atoms. The van der Waals surface area contributed by atoms with Gasteiger partial charge in [-0.05, 0) is 18.2 Å². The van der Waals surface area contributed by atoms with E-state index in [9.17, 15) is 9.59 Å². The third-order valence-electron chi connectivity index (χ3n) is 2.54. The summed E-state index contributed by atoms with van der Waals surface area (Å²) in [5.41, 5.74) is 1.72. The Bertz CT molecular complexity index is 656. The molecule has 2 aromatic rings. The predicted molar refractivity (Wildman–Crippen MR) is 78.7 cm³/mol. The predicted octanol–water partition coefficient (Wildman–Crippen LogP) is 2.36. The lowest BCUT2D eigenvalue weighted by molar-refractivity contribution is -0.142. The van der Waals surface area contributed by atoms with E-state index < -0.39 is 23.6 Å². The smallest absolute Gasteiger partial charge is 0.317 e. The number of hydrogen-bond donors (Lipinski definition) is 3. The van der Waals surface area contributed by atoms with E-state index in [-0.39, 0.29) is 0 Å². The van der Waals surface area contributed by atoms with Crippen molar-refractivity contribution in [2.24, 2.45) is 0 Å². The average Bonchev–Trinajstić information content (AvgIpc) is 2.78. The van der Waals surface area contributed by atoms with Crippen LogP contribution in [-0.2, 0) is 9.59 Å². The molecule has 20 heavy (non-hydrogen) atoms. The van der Waals surface area contributed by atoms with Crippen LogP contribution in [0, 0.1) is 0 Å². The van der Waals surface area contributed by atoms with Crippen LogP contribution in [0.3, 0.4) is 0 Å². The fraction of sp³-hybridized carbons (Fsp3) is 0.250. The average molecular weight is 312 g/mol. The summed E-state index contributed by atoms with van der Waals surface area (Å²) in [6.45, 7) is 0. The van der Waals surface area contributed by atoms with Gasteiger partial charge >= 0.3 is 11.9 Å². The molecule has 106 valence electrons. The molecule has 1 atom stereocenters. The summed E-state index contributed by atoms with van der Waals surface area (Å²) in [7, 11) is 1.81. The third-order valence-corrected chi connectivity index (χ3v) is 4.83. The molecule has 0 aliphatic carbocycles. The molecule has 1 aromatic carbocycles. The van der Waals surface area contributed by atoms with Gasteiger partial charge < -0.3 is 15.5 Å². The quantitative estimate of drug-likeness (QED) is 0.704. The normalized spacial score (nSPS) is 12.2. The maximum Gasteiger partial charge on any atom is 0.317 e. The third kappa shape index (κ3) is 3.40.